The minimum atomic E-state index is -0.256. The predicted octanol–water partition coefficient (Wildman–Crippen LogP) is 7.91. The zero-order valence-corrected chi connectivity index (χ0v) is 21.0. The molecule has 5 aromatic carbocycles. The van der Waals surface area contributed by atoms with Crippen LogP contribution in [0.3, 0.4) is 0 Å². The molecule has 0 saturated carbocycles. The Kier molecular flexibility index (Phi) is 4.52. The second-order valence-electron chi connectivity index (χ2n) is 10.8. The van der Waals surface area contributed by atoms with Gasteiger partial charge in [-0.3, -0.25) is 0 Å². The van der Waals surface area contributed by atoms with Gasteiger partial charge in [0.2, 0.25) is 0 Å². The van der Waals surface area contributed by atoms with Crippen molar-refractivity contribution >= 4 is 5.69 Å². The molecule has 37 heavy (non-hydrogen) atoms. The number of benzene rings is 5. The van der Waals surface area contributed by atoms with E-state index < -0.39 is 0 Å². The number of nitrogens with zero attached hydrogens (tertiary/aromatic N) is 1. The van der Waals surface area contributed by atoms with Gasteiger partial charge in [-0.25, -0.2) is 0 Å². The van der Waals surface area contributed by atoms with Crippen LogP contribution in [-0.4, -0.2) is 6.54 Å². The van der Waals surface area contributed by atoms with Gasteiger partial charge >= 0.3 is 0 Å². The predicted molar refractivity (Wildman–Crippen MR) is 152 cm³/mol. The Balaban J connectivity index is 1.33. The molecule has 0 amide bonds. The first-order valence-electron chi connectivity index (χ1n) is 13.6. The number of hydrogen-bond donors (Lipinski definition) is 0. The molecular weight excluding hydrogens is 446 g/mol. The fourth-order valence-electron chi connectivity index (χ4n) is 7.44. The molecule has 1 heterocycles. The lowest BCUT2D eigenvalue weighted by atomic mass is 9.61. The Morgan fingerprint density at radius 2 is 1.19 bits per heavy atom. The molecule has 0 aromatic heterocycles. The SMILES string of the molecule is c1ccc2c(c1)CCCN2Cc1ccc2c(c1)-c1ccccc1C21c2ccccc2Cc2ccccc21. The van der Waals surface area contributed by atoms with Gasteiger partial charge in [0, 0.05) is 18.8 Å². The Bertz CT molecular complexity index is 1630. The van der Waals surface area contributed by atoms with Gasteiger partial charge in [0.15, 0.2) is 0 Å². The van der Waals surface area contributed by atoms with Crippen LogP contribution in [0.4, 0.5) is 5.69 Å². The van der Waals surface area contributed by atoms with Crippen molar-refractivity contribution in [2.24, 2.45) is 0 Å². The number of para-hydroxylation sites is 1. The van der Waals surface area contributed by atoms with Crippen LogP contribution in [0.1, 0.15) is 50.9 Å². The maximum absolute atomic E-state index is 2.57. The number of anilines is 1. The largest absolute Gasteiger partial charge is 0.367 e. The standard InChI is InChI=1S/C36H29N/c1-5-15-31-27(11-1)23-28-12-2-6-16-32(28)36(31)33-17-7-4-14-29(33)30-22-25(19-20-34(30)36)24-37-21-9-13-26-10-3-8-18-35(26)37/h1-8,10-12,14-20,22H,9,13,21,23-24H2. The van der Waals surface area contributed by atoms with Gasteiger partial charge in [-0.05, 0) is 87.0 Å². The highest BCUT2D eigenvalue weighted by Crippen LogP contribution is 2.59. The van der Waals surface area contributed by atoms with Gasteiger partial charge < -0.3 is 4.90 Å². The van der Waals surface area contributed by atoms with Gasteiger partial charge in [0.05, 0.1) is 5.41 Å². The molecule has 0 bridgehead atoms. The summed E-state index contributed by atoms with van der Waals surface area (Å²) < 4.78 is 0. The normalized spacial score (nSPS) is 15.9. The fraction of sp³-hybridized carbons (Fsp3) is 0.167. The summed E-state index contributed by atoms with van der Waals surface area (Å²) in [4.78, 5) is 2.57. The zero-order valence-electron chi connectivity index (χ0n) is 21.0. The van der Waals surface area contributed by atoms with Crippen molar-refractivity contribution in [2.75, 3.05) is 11.4 Å². The smallest absolute Gasteiger partial charge is 0.0719 e. The molecule has 1 spiro atoms. The van der Waals surface area contributed by atoms with Gasteiger partial charge in [-0.15, -0.1) is 0 Å². The van der Waals surface area contributed by atoms with Crippen LogP contribution in [0.5, 0.6) is 0 Å². The van der Waals surface area contributed by atoms with E-state index in [0.717, 1.165) is 19.5 Å². The summed E-state index contributed by atoms with van der Waals surface area (Å²) in [5.74, 6) is 0. The van der Waals surface area contributed by atoms with Crippen molar-refractivity contribution in [3.8, 4) is 11.1 Å². The number of hydrogen-bond acceptors (Lipinski definition) is 1. The molecule has 0 N–H and O–H groups in total. The van der Waals surface area contributed by atoms with Crippen LogP contribution in [0.2, 0.25) is 0 Å². The van der Waals surface area contributed by atoms with Gasteiger partial charge in [-0.1, -0.05) is 103 Å². The minimum absolute atomic E-state index is 0.256. The summed E-state index contributed by atoms with van der Waals surface area (Å²) in [6, 6.07) is 43.6. The van der Waals surface area contributed by atoms with E-state index in [1.165, 1.54) is 74.2 Å². The molecule has 178 valence electrons. The summed E-state index contributed by atoms with van der Waals surface area (Å²) in [6.07, 6.45) is 3.41. The summed E-state index contributed by atoms with van der Waals surface area (Å²) in [7, 11) is 0. The maximum atomic E-state index is 2.57. The monoisotopic (exact) mass is 475 g/mol. The topological polar surface area (TPSA) is 3.24 Å². The molecule has 1 nitrogen and oxygen atoms in total. The van der Waals surface area contributed by atoms with Crippen molar-refractivity contribution in [3.05, 3.63) is 160 Å². The van der Waals surface area contributed by atoms with Gasteiger partial charge in [-0.2, -0.15) is 0 Å². The second kappa shape index (κ2) is 7.95. The summed E-state index contributed by atoms with van der Waals surface area (Å²) in [5, 5.41) is 0. The fourth-order valence-corrected chi connectivity index (χ4v) is 7.44. The number of aryl methyl sites for hydroxylation is 1. The first-order valence-corrected chi connectivity index (χ1v) is 13.6. The van der Waals surface area contributed by atoms with Crippen LogP contribution < -0.4 is 4.90 Å². The van der Waals surface area contributed by atoms with E-state index in [4.69, 9.17) is 0 Å². The van der Waals surface area contributed by atoms with E-state index >= 15 is 0 Å². The number of rotatable bonds is 2. The van der Waals surface area contributed by atoms with Gasteiger partial charge in [0.25, 0.3) is 0 Å². The Hall–Kier alpha value is -4.10. The first kappa shape index (κ1) is 21.0. The quantitative estimate of drug-likeness (QED) is 0.246. The molecule has 1 heteroatoms. The lowest BCUT2D eigenvalue weighted by Gasteiger charge is -2.40. The van der Waals surface area contributed by atoms with Crippen LogP contribution in [-0.2, 0) is 24.8 Å². The van der Waals surface area contributed by atoms with Crippen LogP contribution in [0, 0.1) is 0 Å². The van der Waals surface area contributed by atoms with E-state index in [-0.39, 0.29) is 5.41 Å². The summed E-state index contributed by atoms with van der Waals surface area (Å²) in [6.45, 7) is 2.07. The van der Waals surface area contributed by atoms with Gasteiger partial charge in [0.1, 0.15) is 0 Å². The third kappa shape index (κ3) is 2.92. The van der Waals surface area contributed by atoms with Crippen molar-refractivity contribution in [1.82, 2.24) is 0 Å². The van der Waals surface area contributed by atoms with Crippen LogP contribution >= 0.6 is 0 Å². The maximum Gasteiger partial charge on any atom is 0.0719 e. The van der Waals surface area contributed by atoms with Crippen LogP contribution in [0.15, 0.2) is 115 Å². The third-order valence-corrected chi connectivity index (χ3v) is 8.91. The number of fused-ring (bicyclic) bond motifs is 10. The van der Waals surface area contributed by atoms with E-state index in [2.05, 4.69) is 120 Å². The molecule has 0 atom stereocenters. The molecule has 2 aliphatic carbocycles. The highest BCUT2D eigenvalue weighted by Gasteiger charge is 2.49. The van der Waals surface area contributed by atoms with E-state index in [1.54, 1.807) is 0 Å². The molecule has 3 aliphatic rings. The third-order valence-electron chi connectivity index (χ3n) is 8.91. The Morgan fingerprint density at radius 3 is 1.97 bits per heavy atom. The Labute approximate surface area is 219 Å². The molecule has 8 rings (SSSR count). The summed E-state index contributed by atoms with van der Waals surface area (Å²) in [5.41, 5.74) is 15.4. The molecule has 5 aromatic rings. The van der Waals surface area contributed by atoms with E-state index in [1.807, 2.05) is 0 Å². The van der Waals surface area contributed by atoms with Crippen molar-refractivity contribution in [1.29, 1.82) is 0 Å². The average Bonchev–Trinajstić information content (AvgIpc) is 3.24. The highest BCUT2D eigenvalue weighted by atomic mass is 15.1. The van der Waals surface area contributed by atoms with Crippen molar-refractivity contribution in [3.63, 3.8) is 0 Å². The molecule has 0 fully saturated rings. The zero-order chi connectivity index (χ0) is 24.4. The van der Waals surface area contributed by atoms with Crippen molar-refractivity contribution in [2.45, 2.75) is 31.2 Å². The van der Waals surface area contributed by atoms with E-state index in [0.29, 0.717) is 0 Å². The second-order valence-corrected chi connectivity index (χ2v) is 10.8. The lowest BCUT2D eigenvalue weighted by Crippen LogP contribution is -2.34. The molecule has 0 saturated heterocycles. The summed E-state index contributed by atoms with van der Waals surface area (Å²) >= 11 is 0. The minimum Gasteiger partial charge on any atom is -0.367 e. The Morgan fingerprint density at radius 1 is 0.568 bits per heavy atom. The lowest BCUT2D eigenvalue weighted by molar-refractivity contribution is 0.690. The van der Waals surface area contributed by atoms with E-state index in [9.17, 15) is 0 Å². The highest BCUT2D eigenvalue weighted by molar-refractivity contribution is 5.88. The molecule has 0 radical (unpaired) electrons. The molecular formula is C36H29N. The average molecular weight is 476 g/mol. The first-order chi connectivity index (χ1) is 18.3. The molecule has 1 aliphatic heterocycles. The molecule has 0 unspecified atom stereocenters. The van der Waals surface area contributed by atoms with Crippen LogP contribution in [0.25, 0.3) is 11.1 Å². The van der Waals surface area contributed by atoms with Crippen molar-refractivity contribution < 1.29 is 0 Å².